The first kappa shape index (κ1) is 11.5. The largest absolute Gasteiger partial charge is 0.317 e. The van der Waals surface area contributed by atoms with Gasteiger partial charge in [0.1, 0.15) is 7.28 Å². The third-order valence-corrected chi connectivity index (χ3v) is 4.49. The molecule has 1 aliphatic carbocycles. The molecular weight excluding hydrogens is 181 g/mol. The Hall–Kier alpha value is 0.0249. The Bertz CT molecular complexity index is 175. The Labute approximate surface area is 95.6 Å². The highest BCUT2D eigenvalue weighted by Crippen LogP contribution is 2.36. The molecule has 2 rings (SSSR count). The molecule has 15 heavy (non-hydrogen) atoms. The minimum atomic E-state index is 0.856. The Morgan fingerprint density at radius 3 is 2.27 bits per heavy atom. The average molecular weight is 206 g/mol. The van der Waals surface area contributed by atoms with Crippen LogP contribution in [0.5, 0.6) is 0 Å². The Kier molecular flexibility index (Phi) is 4.55. The van der Waals surface area contributed by atoms with E-state index in [9.17, 15) is 0 Å². The van der Waals surface area contributed by atoms with E-state index in [1.54, 1.807) is 0 Å². The van der Waals surface area contributed by atoms with E-state index in [2.05, 4.69) is 19.4 Å². The van der Waals surface area contributed by atoms with Crippen LogP contribution in [0.1, 0.15) is 44.9 Å². The Morgan fingerprint density at radius 2 is 1.60 bits per heavy atom. The second-order valence-electron chi connectivity index (χ2n) is 5.42. The van der Waals surface area contributed by atoms with Gasteiger partial charge in [-0.1, -0.05) is 57.6 Å². The van der Waals surface area contributed by atoms with E-state index >= 15 is 0 Å². The van der Waals surface area contributed by atoms with Gasteiger partial charge in [-0.3, -0.25) is 0 Å². The highest BCUT2D eigenvalue weighted by atomic mass is 14.9. The van der Waals surface area contributed by atoms with Gasteiger partial charge in [-0.25, -0.2) is 0 Å². The molecule has 1 nitrogen and oxygen atoms in total. The van der Waals surface area contributed by atoms with Gasteiger partial charge in [0.2, 0.25) is 0 Å². The van der Waals surface area contributed by atoms with Gasteiger partial charge in [-0.05, 0) is 24.9 Å². The van der Waals surface area contributed by atoms with Crippen molar-refractivity contribution in [3.63, 3.8) is 0 Å². The summed E-state index contributed by atoms with van der Waals surface area (Å²) in [6.07, 6.45) is 10.4. The van der Waals surface area contributed by atoms with Gasteiger partial charge >= 0.3 is 0 Å². The molecule has 0 aromatic heterocycles. The molecular formula is C13H25BN. The zero-order valence-electron chi connectivity index (χ0n) is 10.2. The second-order valence-corrected chi connectivity index (χ2v) is 5.42. The van der Waals surface area contributed by atoms with Crippen molar-refractivity contribution in [1.82, 2.24) is 5.32 Å². The van der Waals surface area contributed by atoms with Gasteiger partial charge < -0.3 is 5.32 Å². The van der Waals surface area contributed by atoms with Crippen molar-refractivity contribution in [3.05, 3.63) is 0 Å². The van der Waals surface area contributed by atoms with Crippen molar-refractivity contribution in [3.8, 4) is 0 Å². The predicted octanol–water partition coefficient (Wildman–Crippen LogP) is 3.11. The van der Waals surface area contributed by atoms with Crippen LogP contribution in [0.15, 0.2) is 0 Å². The molecule has 1 aliphatic heterocycles. The number of hydrogen-bond donors (Lipinski definition) is 1. The lowest BCUT2D eigenvalue weighted by molar-refractivity contribution is 0.280. The lowest BCUT2D eigenvalue weighted by Gasteiger charge is -2.29. The van der Waals surface area contributed by atoms with Crippen LogP contribution in [0.2, 0.25) is 12.6 Å². The van der Waals surface area contributed by atoms with E-state index in [-0.39, 0.29) is 0 Å². The first-order valence-electron chi connectivity index (χ1n) is 6.92. The summed E-state index contributed by atoms with van der Waals surface area (Å²) in [6, 6.07) is 0. The number of nitrogens with one attached hydrogen (secondary N) is 1. The van der Waals surface area contributed by atoms with Crippen molar-refractivity contribution < 1.29 is 0 Å². The fourth-order valence-corrected chi connectivity index (χ4v) is 3.52. The fraction of sp³-hybridized carbons (Fsp3) is 1.00. The van der Waals surface area contributed by atoms with Gasteiger partial charge in [-0.15, -0.1) is 0 Å². The molecule has 1 N–H and O–H groups in total. The predicted molar refractivity (Wildman–Crippen MR) is 67.5 cm³/mol. The van der Waals surface area contributed by atoms with E-state index < -0.39 is 0 Å². The minimum absolute atomic E-state index is 0.856. The maximum absolute atomic E-state index is 3.58. The summed E-state index contributed by atoms with van der Waals surface area (Å²) in [6.45, 7) is 4.75. The van der Waals surface area contributed by atoms with Crippen LogP contribution in [0.25, 0.3) is 0 Å². The normalized spacial score (nSPS) is 34.7. The molecule has 1 radical (unpaired) electrons. The Balaban J connectivity index is 1.88. The lowest BCUT2D eigenvalue weighted by Crippen LogP contribution is -2.23. The standard InChI is InChI=1S/C13H25BN/c1-14-13-10-15-9-12(13)11-7-5-3-2-4-6-8-11/h11-13,15H,2-10H2,1H3. The van der Waals surface area contributed by atoms with Crippen LogP contribution in [0.3, 0.4) is 0 Å². The third-order valence-electron chi connectivity index (χ3n) is 4.49. The number of hydrogen-bond acceptors (Lipinski definition) is 1. The van der Waals surface area contributed by atoms with Gasteiger partial charge in [0.25, 0.3) is 0 Å². The van der Waals surface area contributed by atoms with Crippen LogP contribution in [0.4, 0.5) is 0 Å². The molecule has 2 atom stereocenters. The van der Waals surface area contributed by atoms with Crippen LogP contribution >= 0.6 is 0 Å². The van der Waals surface area contributed by atoms with Crippen LogP contribution < -0.4 is 5.32 Å². The smallest absolute Gasteiger partial charge is 0.112 e. The van der Waals surface area contributed by atoms with Crippen molar-refractivity contribution in [2.24, 2.45) is 11.8 Å². The van der Waals surface area contributed by atoms with E-state index in [4.69, 9.17) is 0 Å². The molecule has 0 amide bonds. The summed E-state index contributed by atoms with van der Waals surface area (Å²) >= 11 is 0. The second kappa shape index (κ2) is 5.93. The van der Waals surface area contributed by atoms with E-state index in [1.165, 1.54) is 58.0 Å². The van der Waals surface area contributed by atoms with E-state index in [0.29, 0.717) is 0 Å². The summed E-state index contributed by atoms with van der Waals surface area (Å²) in [7, 11) is 2.43. The maximum atomic E-state index is 3.58. The molecule has 0 aromatic carbocycles. The van der Waals surface area contributed by atoms with Crippen LogP contribution in [-0.2, 0) is 0 Å². The highest BCUT2D eigenvalue weighted by molar-refractivity contribution is 6.36. The highest BCUT2D eigenvalue weighted by Gasteiger charge is 2.31. The molecule has 0 bridgehead atoms. The van der Waals surface area contributed by atoms with E-state index in [1.807, 2.05) is 0 Å². The molecule has 0 aromatic rings. The van der Waals surface area contributed by atoms with Gasteiger partial charge in [-0.2, -0.15) is 0 Å². The molecule has 1 saturated heterocycles. The fourth-order valence-electron chi connectivity index (χ4n) is 3.52. The molecule has 2 fully saturated rings. The summed E-state index contributed by atoms with van der Waals surface area (Å²) < 4.78 is 0. The molecule has 2 unspecified atom stereocenters. The summed E-state index contributed by atoms with van der Waals surface area (Å²) in [5, 5.41) is 3.58. The van der Waals surface area contributed by atoms with E-state index in [0.717, 1.165) is 17.7 Å². The van der Waals surface area contributed by atoms with Gasteiger partial charge in [0.15, 0.2) is 0 Å². The molecule has 2 aliphatic rings. The van der Waals surface area contributed by atoms with Crippen molar-refractivity contribution in [2.45, 2.75) is 57.6 Å². The Morgan fingerprint density at radius 1 is 0.933 bits per heavy atom. The third kappa shape index (κ3) is 2.99. The zero-order chi connectivity index (χ0) is 10.5. The lowest BCUT2D eigenvalue weighted by atomic mass is 9.59. The van der Waals surface area contributed by atoms with Crippen molar-refractivity contribution in [1.29, 1.82) is 0 Å². The van der Waals surface area contributed by atoms with Gasteiger partial charge in [0, 0.05) is 0 Å². The monoisotopic (exact) mass is 206 g/mol. The SMILES string of the molecule is C[B]C1CNCC1C1CCCCCCC1. The van der Waals surface area contributed by atoms with Crippen LogP contribution in [0, 0.1) is 11.8 Å². The quantitative estimate of drug-likeness (QED) is 0.684. The molecule has 1 heterocycles. The van der Waals surface area contributed by atoms with Gasteiger partial charge in [0.05, 0.1) is 0 Å². The first-order valence-corrected chi connectivity index (χ1v) is 6.92. The molecule has 2 heteroatoms. The maximum Gasteiger partial charge on any atom is 0.112 e. The summed E-state index contributed by atoms with van der Waals surface area (Å²) in [4.78, 5) is 0. The molecule has 1 saturated carbocycles. The summed E-state index contributed by atoms with van der Waals surface area (Å²) in [5.74, 6) is 2.82. The minimum Gasteiger partial charge on any atom is -0.317 e. The molecule has 85 valence electrons. The zero-order valence-corrected chi connectivity index (χ0v) is 10.2. The number of rotatable bonds is 2. The summed E-state index contributed by atoms with van der Waals surface area (Å²) in [5.41, 5.74) is 0. The first-order chi connectivity index (χ1) is 7.42. The van der Waals surface area contributed by atoms with Crippen molar-refractivity contribution >= 4 is 7.28 Å². The topological polar surface area (TPSA) is 12.0 Å². The van der Waals surface area contributed by atoms with Crippen LogP contribution in [-0.4, -0.2) is 20.4 Å². The van der Waals surface area contributed by atoms with Crippen molar-refractivity contribution in [2.75, 3.05) is 13.1 Å². The molecule has 0 spiro atoms. The average Bonchev–Trinajstić information content (AvgIpc) is 2.65.